The largest absolute Gasteiger partial charge is 0.772 e. The topological polar surface area (TPSA) is 60.4 Å². The predicted molar refractivity (Wildman–Crippen MR) is 81.9 cm³/mol. The van der Waals surface area contributed by atoms with Gasteiger partial charge in [-0.25, -0.2) is 0 Å². The highest BCUT2D eigenvalue weighted by Crippen LogP contribution is 2.51. The first kappa shape index (κ1) is 14.2. The standard InChI is InChI=1S/C15H20O3SSi/c16-19(17)14-8-4-5-9-15(14)20(18,13-10-11-13)12-6-2-1-3-7-12/h1-3,5-7,9,13-15,18H,4,8,10-11H2,(H,16,17)/p-1. The molecule has 0 amide bonds. The van der Waals surface area contributed by atoms with Gasteiger partial charge in [0.15, 0.2) is 0 Å². The maximum absolute atomic E-state index is 11.6. The minimum atomic E-state index is -2.80. The molecule has 1 N–H and O–H groups in total. The van der Waals surface area contributed by atoms with Gasteiger partial charge in [0.1, 0.15) is 0 Å². The minimum absolute atomic E-state index is 0.204. The van der Waals surface area contributed by atoms with Crippen molar-refractivity contribution in [3.05, 3.63) is 42.5 Å². The van der Waals surface area contributed by atoms with Gasteiger partial charge in [0.05, 0.1) is 0 Å². The van der Waals surface area contributed by atoms with E-state index in [2.05, 4.69) is 0 Å². The van der Waals surface area contributed by atoms with Crippen LogP contribution in [0.25, 0.3) is 0 Å². The van der Waals surface area contributed by atoms with Gasteiger partial charge in [0.2, 0.25) is 8.32 Å². The molecule has 0 spiro atoms. The third-order valence-corrected chi connectivity index (χ3v) is 10.5. The SMILES string of the molecule is O=S([O-])C1CCC=CC1[Si](O)(c1ccccc1)C1CC1. The first-order valence-electron chi connectivity index (χ1n) is 7.16. The summed E-state index contributed by atoms with van der Waals surface area (Å²) in [6.07, 6.45) is 7.49. The van der Waals surface area contributed by atoms with E-state index in [0.717, 1.165) is 24.4 Å². The molecule has 20 heavy (non-hydrogen) atoms. The summed E-state index contributed by atoms with van der Waals surface area (Å²) < 4.78 is 23.1. The Morgan fingerprint density at radius 3 is 2.50 bits per heavy atom. The summed E-state index contributed by atoms with van der Waals surface area (Å²) in [6.45, 7) is 0. The molecule has 0 aromatic heterocycles. The zero-order chi connectivity index (χ0) is 14.2. The molecule has 0 bridgehead atoms. The Hall–Kier alpha value is -0.753. The maximum Gasteiger partial charge on any atom is 0.231 e. The summed E-state index contributed by atoms with van der Waals surface area (Å²) in [6, 6.07) is 9.75. The van der Waals surface area contributed by atoms with E-state index in [1.54, 1.807) is 0 Å². The first-order chi connectivity index (χ1) is 9.64. The van der Waals surface area contributed by atoms with Crippen molar-refractivity contribution < 1.29 is 13.6 Å². The van der Waals surface area contributed by atoms with Crippen molar-refractivity contribution in [3.8, 4) is 0 Å². The summed E-state index contributed by atoms with van der Waals surface area (Å²) in [5.41, 5.74) is 0.105. The van der Waals surface area contributed by atoms with Gasteiger partial charge >= 0.3 is 0 Å². The van der Waals surface area contributed by atoms with Crippen LogP contribution in [0.2, 0.25) is 11.1 Å². The molecule has 0 radical (unpaired) electrons. The lowest BCUT2D eigenvalue weighted by Gasteiger charge is -2.40. The zero-order valence-electron chi connectivity index (χ0n) is 11.3. The second-order valence-electron chi connectivity index (χ2n) is 5.80. The maximum atomic E-state index is 11.6. The van der Waals surface area contributed by atoms with Gasteiger partial charge in [-0.15, -0.1) is 0 Å². The summed E-state index contributed by atoms with van der Waals surface area (Å²) in [5, 5.41) is 0.548. The second kappa shape index (κ2) is 5.56. The Kier molecular flexibility index (Phi) is 3.95. The van der Waals surface area contributed by atoms with Crippen molar-refractivity contribution in [1.82, 2.24) is 0 Å². The molecule has 0 heterocycles. The quantitative estimate of drug-likeness (QED) is 0.525. The molecule has 5 heteroatoms. The molecule has 1 aromatic rings. The van der Waals surface area contributed by atoms with Crippen LogP contribution in [-0.2, 0) is 11.1 Å². The lowest BCUT2D eigenvalue weighted by atomic mass is 10.1. The molecule has 4 unspecified atom stereocenters. The van der Waals surface area contributed by atoms with E-state index in [9.17, 15) is 13.6 Å². The highest BCUT2D eigenvalue weighted by Gasteiger charge is 2.55. The Balaban J connectivity index is 2.03. The van der Waals surface area contributed by atoms with Gasteiger partial charge in [-0.3, -0.25) is 4.21 Å². The van der Waals surface area contributed by atoms with Crippen LogP contribution in [0.3, 0.4) is 0 Å². The minimum Gasteiger partial charge on any atom is -0.772 e. The number of benzene rings is 1. The van der Waals surface area contributed by atoms with E-state index in [4.69, 9.17) is 0 Å². The molecular formula is C15H19O3SSi-. The van der Waals surface area contributed by atoms with E-state index in [1.165, 1.54) is 0 Å². The van der Waals surface area contributed by atoms with Gasteiger partial charge < -0.3 is 9.35 Å². The highest BCUT2D eigenvalue weighted by atomic mass is 32.2. The number of hydrogen-bond donors (Lipinski definition) is 1. The number of allylic oxidation sites excluding steroid dienone is 2. The van der Waals surface area contributed by atoms with Crippen LogP contribution < -0.4 is 5.19 Å². The van der Waals surface area contributed by atoms with Gasteiger partial charge in [-0.1, -0.05) is 66.4 Å². The van der Waals surface area contributed by atoms with Crippen LogP contribution in [0.5, 0.6) is 0 Å². The van der Waals surface area contributed by atoms with Gasteiger partial charge in [-0.2, -0.15) is 0 Å². The van der Waals surface area contributed by atoms with E-state index < -0.39 is 24.6 Å². The van der Waals surface area contributed by atoms with Gasteiger partial charge in [-0.05, 0) is 23.6 Å². The molecule has 1 fully saturated rings. The van der Waals surface area contributed by atoms with E-state index >= 15 is 0 Å². The lowest BCUT2D eigenvalue weighted by Crippen LogP contribution is -2.56. The molecule has 3 rings (SSSR count). The first-order valence-corrected chi connectivity index (χ1v) is 10.4. The molecule has 4 atom stereocenters. The summed E-state index contributed by atoms with van der Waals surface area (Å²) in [5.74, 6) is 0. The van der Waals surface area contributed by atoms with Crippen molar-refractivity contribution in [2.24, 2.45) is 0 Å². The molecule has 1 saturated carbocycles. The molecule has 2 aliphatic rings. The fourth-order valence-corrected chi connectivity index (χ4v) is 9.33. The molecule has 0 saturated heterocycles. The van der Waals surface area contributed by atoms with Gasteiger partial charge in [0, 0.05) is 10.8 Å². The number of hydrogen-bond acceptors (Lipinski definition) is 3. The summed E-state index contributed by atoms with van der Waals surface area (Å²) in [7, 11) is -2.80. The normalized spacial score (nSPS) is 30.7. The number of rotatable bonds is 4. The van der Waals surface area contributed by atoms with Crippen molar-refractivity contribution in [2.75, 3.05) is 0 Å². The molecule has 3 nitrogen and oxygen atoms in total. The van der Waals surface area contributed by atoms with E-state index in [1.807, 2.05) is 42.5 Å². The van der Waals surface area contributed by atoms with Gasteiger partial charge in [0.25, 0.3) is 0 Å². The monoisotopic (exact) mass is 307 g/mol. The van der Waals surface area contributed by atoms with E-state index in [-0.39, 0.29) is 5.54 Å². The molecule has 2 aliphatic carbocycles. The predicted octanol–water partition coefficient (Wildman–Crippen LogP) is 1.96. The van der Waals surface area contributed by atoms with Crippen LogP contribution >= 0.6 is 0 Å². The Morgan fingerprint density at radius 2 is 1.90 bits per heavy atom. The van der Waals surface area contributed by atoms with Crippen LogP contribution in [0, 0.1) is 0 Å². The average Bonchev–Trinajstić information content (AvgIpc) is 3.32. The second-order valence-corrected chi connectivity index (χ2v) is 10.6. The van der Waals surface area contributed by atoms with Crippen LogP contribution in [-0.4, -0.2) is 27.1 Å². The molecule has 108 valence electrons. The Bertz CT molecular complexity index is 529. The molecule has 0 aliphatic heterocycles. The highest BCUT2D eigenvalue weighted by molar-refractivity contribution is 7.80. The van der Waals surface area contributed by atoms with Crippen LogP contribution in [0.4, 0.5) is 0 Å². The van der Waals surface area contributed by atoms with Crippen molar-refractivity contribution >= 4 is 24.6 Å². The van der Waals surface area contributed by atoms with Crippen molar-refractivity contribution in [2.45, 2.75) is 42.0 Å². The molecular weight excluding hydrogens is 288 g/mol. The molecule has 1 aromatic carbocycles. The Labute approximate surface area is 123 Å². The van der Waals surface area contributed by atoms with Crippen molar-refractivity contribution in [1.29, 1.82) is 0 Å². The van der Waals surface area contributed by atoms with Crippen molar-refractivity contribution in [3.63, 3.8) is 0 Å². The Morgan fingerprint density at radius 1 is 1.20 bits per heavy atom. The zero-order valence-corrected chi connectivity index (χ0v) is 13.1. The summed E-state index contributed by atoms with van der Waals surface area (Å²) >= 11 is -2.12. The third kappa shape index (κ3) is 2.43. The average molecular weight is 307 g/mol. The van der Waals surface area contributed by atoms with Crippen LogP contribution in [0.1, 0.15) is 25.7 Å². The lowest BCUT2D eigenvalue weighted by molar-refractivity contribution is 0.485. The third-order valence-electron chi connectivity index (χ3n) is 4.55. The smallest absolute Gasteiger partial charge is 0.231 e. The fourth-order valence-electron chi connectivity index (χ4n) is 3.38. The summed E-state index contributed by atoms with van der Waals surface area (Å²) in [4.78, 5) is 11.5. The van der Waals surface area contributed by atoms with E-state index in [0.29, 0.717) is 12.0 Å². The van der Waals surface area contributed by atoms with Crippen LogP contribution in [0.15, 0.2) is 42.5 Å². The fraction of sp³-hybridized carbons (Fsp3) is 0.467.